The van der Waals surface area contributed by atoms with Crippen molar-refractivity contribution in [3.05, 3.63) is 42.2 Å². The highest BCUT2D eigenvalue weighted by molar-refractivity contribution is 5.55. The number of rotatable bonds is 14. The lowest BCUT2D eigenvalue weighted by Crippen LogP contribution is -2.25. The van der Waals surface area contributed by atoms with E-state index in [4.69, 9.17) is 4.74 Å². The van der Waals surface area contributed by atoms with E-state index < -0.39 is 0 Å². The predicted octanol–water partition coefficient (Wildman–Crippen LogP) is 10.2. The van der Waals surface area contributed by atoms with E-state index in [9.17, 15) is 0 Å². The summed E-state index contributed by atoms with van der Waals surface area (Å²) in [7, 11) is 0. The first-order valence-electron chi connectivity index (χ1n) is 15.8. The maximum atomic E-state index is 5.83. The van der Waals surface area contributed by atoms with Crippen LogP contribution in [0.1, 0.15) is 134 Å². The summed E-state index contributed by atoms with van der Waals surface area (Å²) < 4.78 is 5.83. The molecule has 0 N–H and O–H groups in total. The maximum Gasteiger partial charge on any atom is 0.159 e. The molecule has 2 fully saturated rings. The lowest BCUT2D eigenvalue weighted by molar-refractivity contribution is 0.155. The van der Waals surface area contributed by atoms with Gasteiger partial charge in [-0.25, -0.2) is 9.97 Å². The Kier molecular flexibility index (Phi) is 11.8. The van der Waals surface area contributed by atoms with Gasteiger partial charge in [-0.1, -0.05) is 102 Å². The highest BCUT2D eigenvalue weighted by atomic mass is 16.5. The molecule has 1 aromatic heterocycles. The average Bonchev–Trinajstić information content (AvgIpc) is 2.96. The third-order valence-corrected chi connectivity index (χ3v) is 9.33. The number of hydrogen-bond acceptors (Lipinski definition) is 3. The summed E-state index contributed by atoms with van der Waals surface area (Å²) >= 11 is 0. The van der Waals surface area contributed by atoms with Gasteiger partial charge in [-0.3, -0.25) is 0 Å². The first kappa shape index (κ1) is 28.1. The molecule has 0 bridgehead atoms. The van der Waals surface area contributed by atoms with E-state index in [1.807, 2.05) is 12.4 Å². The smallest absolute Gasteiger partial charge is 0.159 e. The molecule has 0 saturated heterocycles. The van der Waals surface area contributed by atoms with Crippen LogP contribution in [0.4, 0.5) is 0 Å². The molecule has 204 valence electrons. The van der Waals surface area contributed by atoms with E-state index >= 15 is 0 Å². The Morgan fingerprint density at radius 3 is 1.92 bits per heavy atom. The van der Waals surface area contributed by atoms with Crippen LogP contribution in [0.15, 0.2) is 36.7 Å². The molecule has 1 heterocycles. The van der Waals surface area contributed by atoms with Crippen LogP contribution in [0.5, 0.6) is 5.75 Å². The predicted molar refractivity (Wildman–Crippen MR) is 156 cm³/mol. The van der Waals surface area contributed by atoms with Crippen LogP contribution in [-0.2, 0) is 0 Å². The van der Waals surface area contributed by atoms with Crippen molar-refractivity contribution in [2.45, 2.75) is 129 Å². The topological polar surface area (TPSA) is 35.0 Å². The van der Waals surface area contributed by atoms with Gasteiger partial charge in [-0.05, 0) is 74.2 Å². The molecule has 1 aromatic carbocycles. The Bertz CT molecular complexity index is 862. The summed E-state index contributed by atoms with van der Waals surface area (Å²) in [6, 6.07) is 9.08. The zero-order chi connectivity index (χ0) is 25.7. The zero-order valence-corrected chi connectivity index (χ0v) is 23.8. The summed E-state index contributed by atoms with van der Waals surface area (Å²) in [5, 5.41) is 0. The minimum absolute atomic E-state index is 0.727. The van der Waals surface area contributed by atoms with E-state index in [-0.39, 0.29) is 0 Å². The fraction of sp³-hybridized carbons (Fsp3) is 0.706. The molecule has 2 aromatic rings. The standard InChI is InChI=1S/C34H52N2O/c1-3-5-7-8-10-24-37-33-25-35-34(36-26-33)32-22-20-31(21-23-32)30-18-16-29(17-19-30)28-14-12-27(13-15-28)11-9-6-4-2/h20-23,25-30H,3-19,24H2,1-2H3/t27-,28-,29-,30-. The van der Waals surface area contributed by atoms with Crippen molar-refractivity contribution in [1.29, 1.82) is 0 Å². The second kappa shape index (κ2) is 15.5. The third-order valence-electron chi connectivity index (χ3n) is 9.33. The number of nitrogens with zero attached hydrogens (tertiary/aromatic N) is 2. The van der Waals surface area contributed by atoms with Crippen LogP contribution in [0, 0.1) is 17.8 Å². The van der Waals surface area contributed by atoms with Gasteiger partial charge in [0.2, 0.25) is 0 Å². The highest BCUT2D eigenvalue weighted by Gasteiger charge is 2.31. The third kappa shape index (κ3) is 8.82. The summed E-state index contributed by atoms with van der Waals surface area (Å²) in [6.07, 6.45) is 27.2. The Labute approximate surface area is 227 Å². The quantitative estimate of drug-likeness (QED) is 0.240. The van der Waals surface area contributed by atoms with Crippen molar-refractivity contribution in [1.82, 2.24) is 9.97 Å². The largest absolute Gasteiger partial charge is 0.490 e. The second-order valence-corrected chi connectivity index (χ2v) is 12.0. The Morgan fingerprint density at radius 2 is 1.27 bits per heavy atom. The van der Waals surface area contributed by atoms with Crippen LogP contribution in [0.2, 0.25) is 0 Å². The fourth-order valence-corrected chi connectivity index (χ4v) is 6.90. The van der Waals surface area contributed by atoms with Gasteiger partial charge in [0.1, 0.15) is 0 Å². The van der Waals surface area contributed by atoms with Crippen LogP contribution in [0.3, 0.4) is 0 Å². The minimum atomic E-state index is 0.727. The molecule has 0 radical (unpaired) electrons. The van der Waals surface area contributed by atoms with Crippen LogP contribution in [-0.4, -0.2) is 16.6 Å². The number of aromatic nitrogens is 2. The van der Waals surface area contributed by atoms with Crippen molar-refractivity contribution >= 4 is 0 Å². The average molecular weight is 505 g/mol. The molecule has 0 aliphatic heterocycles. The molecule has 3 heteroatoms. The fourth-order valence-electron chi connectivity index (χ4n) is 6.90. The first-order chi connectivity index (χ1) is 18.3. The number of hydrogen-bond donors (Lipinski definition) is 0. The Hall–Kier alpha value is -1.90. The van der Waals surface area contributed by atoms with Gasteiger partial charge < -0.3 is 4.74 Å². The van der Waals surface area contributed by atoms with Gasteiger partial charge in [0.25, 0.3) is 0 Å². The van der Waals surface area contributed by atoms with Crippen molar-refractivity contribution in [3.8, 4) is 17.1 Å². The van der Waals surface area contributed by atoms with Gasteiger partial charge in [0.15, 0.2) is 11.6 Å². The van der Waals surface area contributed by atoms with Gasteiger partial charge in [0.05, 0.1) is 19.0 Å². The Balaban J connectivity index is 1.18. The van der Waals surface area contributed by atoms with Crippen molar-refractivity contribution in [2.24, 2.45) is 17.8 Å². The molecule has 4 rings (SSSR count). The molecule has 3 nitrogen and oxygen atoms in total. The van der Waals surface area contributed by atoms with Gasteiger partial charge >= 0.3 is 0 Å². The van der Waals surface area contributed by atoms with E-state index in [2.05, 4.69) is 48.1 Å². The molecule has 2 aliphatic rings. The summed E-state index contributed by atoms with van der Waals surface area (Å²) in [6.45, 7) is 5.32. The van der Waals surface area contributed by atoms with Crippen LogP contribution < -0.4 is 4.74 Å². The van der Waals surface area contributed by atoms with Crippen molar-refractivity contribution in [2.75, 3.05) is 6.61 Å². The van der Waals surface area contributed by atoms with E-state index in [1.54, 1.807) is 0 Å². The number of ether oxygens (including phenoxy) is 1. The molecule has 0 amide bonds. The lowest BCUT2D eigenvalue weighted by Gasteiger charge is -2.38. The van der Waals surface area contributed by atoms with Crippen molar-refractivity contribution in [3.63, 3.8) is 0 Å². The number of benzene rings is 1. The monoisotopic (exact) mass is 504 g/mol. The molecular formula is C34H52N2O. The zero-order valence-electron chi connectivity index (χ0n) is 23.8. The lowest BCUT2D eigenvalue weighted by atomic mass is 9.68. The summed E-state index contributed by atoms with van der Waals surface area (Å²) in [5.74, 6) is 5.32. The maximum absolute atomic E-state index is 5.83. The van der Waals surface area contributed by atoms with Gasteiger partial charge in [0, 0.05) is 5.56 Å². The summed E-state index contributed by atoms with van der Waals surface area (Å²) in [4.78, 5) is 9.14. The highest BCUT2D eigenvalue weighted by Crippen LogP contribution is 2.44. The Morgan fingerprint density at radius 1 is 0.676 bits per heavy atom. The van der Waals surface area contributed by atoms with Gasteiger partial charge in [-0.2, -0.15) is 0 Å². The molecule has 2 saturated carbocycles. The normalized spacial score (nSPS) is 24.2. The summed E-state index contributed by atoms with van der Waals surface area (Å²) in [5.41, 5.74) is 2.60. The van der Waals surface area contributed by atoms with Crippen molar-refractivity contribution < 1.29 is 4.74 Å². The molecule has 37 heavy (non-hydrogen) atoms. The second-order valence-electron chi connectivity index (χ2n) is 12.0. The van der Waals surface area contributed by atoms with Crippen LogP contribution >= 0.6 is 0 Å². The molecule has 2 aliphatic carbocycles. The first-order valence-corrected chi connectivity index (χ1v) is 15.8. The SMILES string of the molecule is CCCCCCCOc1cnc(-c2ccc([C@H]3CC[C@H]([C@H]4CC[C@H](CCCCC)CC4)CC3)cc2)nc1. The van der Waals surface area contributed by atoms with E-state index in [1.165, 1.54) is 108 Å². The van der Waals surface area contributed by atoms with E-state index in [0.717, 1.165) is 53.8 Å². The van der Waals surface area contributed by atoms with E-state index in [0.29, 0.717) is 0 Å². The van der Waals surface area contributed by atoms with Crippen LogP contribution in [0.25, 0.3) is 11.4 Å². The van der Waals surface area contributed by atoms with Gasteiger partial charge in [-0.15, -0.1) is 0 Å². The molecule has 0 atom stereocenters. The minimum Gasteiger partial charge on any atom is -0.490 e. The molecule has 0 spiro atoms. The molecular weight excluding hydrogens is 452 g/mol. The number of unbranched alkanes of at least 4 members (excludes halogenated alkanes) is 6. The molecule has 0 unspecified atom stereocenters.